The molecule has 1 aromatic rings. The van der Waals surface area contributed by atoms with Gasteiger partial charge in [0.25, 0.3) is 5.91 Å². The predicted octanol–water partition coefficient (Wildman–Crippen LogP) is 1.06. The summed E-state index contributed by atoms with van der Waals surface area (Å²) in [4.78, 5) is 22.4. The summed E-state index contributed by atoms with van der Waals surface area (Å²) < 4.78 is 9.96. The molecular formula is C13H18N2O4. The van der Waals surface area contributed by atoms with Crippen molar-refractivity contribution in [3.8, 4) is 5.75 Å². The van der Waals surface area contributed by atoms with Gasteiger partial charge in [0, 0.05) is 12.1 Å². The number of hydrogen-bond acceptors (Lipinski definition) is 5. The van der Waals surface area contributed by atoms with E-state index in [4.69, 9.17) is 4.74 Å². The predicted molar refractivity (Wildman–Crippen MR) is 69.9 cm³/mol. The zero-order valence-electron chi connectivity index (χ0n) is 11.1. The van der Waals surface area contributed by atoms with E-state index in [9.17, 15) is 9.59 Å². The van der Waals surface area contributed by atoms with Crippen LogP contribution in [0.2, 0.25) is 0 Å². The molecule has 0 heterocycles. The molecule has 19 heavy (non-hydrogen) atoms. The van der Waals surface area contributed by atoms with Crippen molar-refractivity contribution in [3.63, 3.8) is 0 Å². The van der Waals surface area contributed by atoms with Crippen LogP contribution < -0.4 is 15.4 Å². The average molecular weight is 266 g/mol. The van der Waals surface area contributed by atoms with Crippen molar-refractivity contribution < 1.29 is 19.1 Å². The highest BCUT2D eigenvalue weighted by Gasteiger charge is 2.10. The normalized spacial score (nSPS) is 9.79. The topological polar surface area (TPSA) is 76.7 Å². The molecule has 0 aromatic heterocycles. The third-order valence-corrected chi connectivity index (χ3v) is 2.22. The Balaban J connectivity index is 2.48. The molecule has 2 amide bonds. The number of ether oxygens (including phenoxy) is 2. The van der Waals surface area contributed by atoms with Crippen LogP contribution in [0.5, 0.6) is 5.75 Å². The van der Waals surface area contributed by atoms with Gasteiger partial charge < -0.3 is 14.8 Å². The van der Waals surface area contributed by atoms with Crippen LogP contribution in [0.25, 0.3) is 0 Å². The third-order valence-electron chi connectivity index (χ3n) is 2.22. The molecule has 0 unspecified atom stereocenters. The number of carbonyl (C=O) groups excluding carboxylic acids is 2. The van der Waals surface area contributed by atoms with Crippen LogP contribution in [0.3, 0.4) is 0 Å². The number of imide groups is 1. The Morgan fingerprint density at radius 1 is 1.26 bits per heavy atom. The first-order valence-corrected chi connectivity index (χ1v) is 5.99. The molecule has 0 spiro atoms. The van der Waals surface area contributed by atoms with Gasteiger partial charge in [-0.25, -0.2) is 4.79 Å². The summed E-state index contributed by atoms with van der Waals surface area (Å²) in [5.41, 5.74) is 0.939. The van der Waals surface area contributed by atoms with Crippen molar-refractivity contribution in [2.45, 2.75) is 13.5 Å². The number of alkyl carbamates (subject to hydrolysis) is 1. The SMILES string of the molecule is CCOC(=O)NC(=O)COc1ccccc1CNC. The molecule has 6 heteroatoms. The van der Waals surface area contributed by atoms with Gasteiger partial charge >= 0.3 is 6.09 Å². The highest BCUT2D eigenvalue weighted by Crippen LogP contribution is 2.17. The lowest BCUT2D eigenvalue weighted by Gasteiger charge is -2.10. The summed E-state index contributed by atoms with van der Waals surface area (Å²) in [6.45, 7) is 2.27. The first kappa shape index (κ1) is 15.0. The van der Waals surface area contributed by atoms with Crippen molar-refractivity contribution in [2.24, 2.45) is 0 Å². The van der Waals surface area contributed by atoms with Crippen LogP contribution in [0.4, 0.5) is 4.79 Å². The maximum atomic E-state index is 11.4. The van der Waals surface area contributed by atoms with Gasteiger partial charge in [0.2, 0.25) is 0 Å². The number of amides is 2. The lowest BCUT2D eigenvalue weighted by Crippen LogP contribution is -2.34. The van der Waals surface area contributed by atoms with E-state index < -0.39 is 12.0 Å². The minimum atomic E-state index is -0.764. The molecule has 0 aliphatic rings. The summed E-state index contributed by atoms with van der Waals surface area (Å²) in [6, 6.07) is 7.37. The molecule has 1 rings (SSSR count). The Kier molecular flexibility index (Phi) is 6.38. The van der Waals surface area contributed by atoms with E-state index in [1.54, 1.807) is 13.0 Å². The maximum absolute atomic E-state index is 11.4. The fourth-order valence-electron chi connectivity index (χ4n) is 1.44. The molecule has 0 fully saturated rings. The third kappa shape index (κ3) is 5.39. The fraction of sp³-hybridized carbons (Fsp3) is 0.385. The Bertz CT molecular complexity index is 434. The van der Waals surface area contributed by atoms with Gasteiger partial charge in [0.15, 0.2) is 6.61 Å². The second-order valence-corrected chi connectivity index (χ2v) is 3.70. The van der Waals surface area contributed by atoms with E-state index in [0.29, 0.717) is 12.3 Å². The Morgan fingerprint density at radius 3 is 2.68 bits per heavy atom. The van der Waals surface area contributed by atoms with Gasteiger partial charge in [0.05, 0.1) is 6.61 Å². The standard InChI is InChI=1S/C13H18N2O4/c1-3-18-13(17)15-12(16)9-19-11-7-5-4-6-10(11)8-14-2/h4-7,14H,3,8-9H2,1-2H3,(H,15,16,17). The quantitative estimate of drug-likeness (QED) is 0.805. The number of carbonyl (C=O) groups is 2. The van der Waals surface area contributed by atoms with Gasteiger partial charge in [-0.05, 0) is 20.0 Å². The number of rotatable bonds is 6. The highest BCUT2D eigenvalue weighted by atomic mass is 16.5. The molecular weight excluding hydrogens is 248 g/mol. The van der Waals surface area contributed by atoms with Gasteiger partial charge in [-0.2, -0.15) is 0 Å². The smallest absolute Gasteiger partial charge is 0.413 e. The molecule has 6 nitrogen and oxygen atoms in total. The second kappa shape index (κ2) is 8.10. The molecule has 2 N–H and O–H groups in total. The van der Waals surface area contributed by atoms with E-state index in [0.717, 1.165) is 5.56 Å². The van der Waals surface area contributed by atoms with Crippen molar-refractivity contribution in [1.82, 2.24) is 10.6 Å². The van der Waals surface area contributed by atoms with E-state index >= 15 is 0 Å². The Hall–Kier alpha value is -2.08. The van der Waals surface area contributed by atoms with Crippen LogP contribution in [-0.2, 0) is 16.1 Å². The molecule has 0 saturated heterocycles. The second-order valence-electron chi connectivity index (χ2n) is 3.70. The molecule has 0 atom stereocenters. The first-order valence-electron chi connectivity index (χ1n) is 5.99. The Morgan fingerprint density at radius 2 is 2.00 bits per heavy atom. The number of hydrogen-bond donors (Lipinski definition) is 2. The largest absolute Gasteiger partial charge is 0.483 e. The molecule has 0 aliphatic heterocycles. The van der Waals surface area contributed by atoms with Gasteiger partial charge in [-0.3, -0.25) is 10.1 Å². The summed E-state index contributed by atoms with van der Waals surface area (Å²) in [5, 5.41) is 5.07. The number of benzene rings is 1. The highest BCUT2D eigenvalue weighted by molar-refractivity contribution is 5.92. The van der Waals surface area contributed by atoms with E-state index in [1.165, 1.54) is 0 Å². The Labute approximate surface area is 112 Å². The lowest BCUT2D eigenvalue weighted by atomic mass is 10.2. The molecule has 0 aliphatic carbocycles. The molecule has 104 valence electrons. The minimum absolute atomic E-state index is 0.213. The minimum Gasteiger partial charge on any atom is -0.483 e. The molecule has 1 aromatic carbocycles. The monoisotopic (exact) mass is 266 g/mol. The fourth-order valence-corrected chi connectivity index (χ4v) is 1.44. The molecule has 0 radical (unpaired) electrons. The van der Waals surface area contributed by atoms with E-state index in [2.05, 4.69) is 15.4 Å². The van der Waals surface area contributed by atoms with E-state index in [-0.39, 0.29) is 13.2 Å². The number of para-hydroxylation sites is 1. The summed E-state index contributed by atoms with van der Waals surface area (Å²) in [6.07, 6.45) is -0.764. The summed E-state index contributed by atoms with van der Waals surface area (Å²) >= 11 is 0. The van der Waals surface area contributed by atoms with Crippen molar-refractivity contribution >= 4 is 12.0 Å². The average Bonchev–Trinajstić information content (AvgIpc) is 2.38. The molecule has 0 saturated carbocycles. The van der Waals surface area contributed by atoms with Crippen LogP contribution in [0.1, 0.15) is 12.5 Å². The molecule has 0 bridgehead atoms. The lowest BCUT2D eigenvalue weighted by molar-refractivity contribution is -0.122. The van der Waals surface area contributed by atoms with Gasteiger partial charge in [0.1, 0.15) is 5.75 Å². The van der Waals surface area contributed by atoms with E-state index in [1.807, 2.05) is 25.2 Å². The number of nitrogens with one attached hydrogen (secondary N) is 2. The van der Waals surface area contributed by atoms with Gasteiger partial charge in [-0.15, -0.1) is 0 Å². The summed E-state index contributed by atoms with van der Waals surface area (Å²) in [5.74, 6) is 0.0635. The first-order chi connectivity index (χ1) is 9.17. The van der Waals surface area contributed by atoms with Gasteiger partial charge in [-0.1, -0.05) is 18.2 Å². The summed E-state index contributed by atoms with van der Waals surface area (Å²) in [7, 11) is 1.82. The zero-order valence-corrected chi connectivity index (χ0v) is 11.1. The van der Waals surface area contributed by atoms with Crippen molar-refractivity contribution in [3.05, 3.63) is 29.8 Å². The van der Waals surface area contributed by atoms with Crippen LogP contribution >= 0.6 is 0 Å². The zero-order chi connectivity index (χ0) is 14.1. The van der Waals surface area contributed by atoms with Crippen LogP contribution in [0, 0.1) is 0 Å². The van der Waals surface area contributed by atoms with Crippen molar-refractivity contribution in [2.75, 3.05) is 20.3 Å². The van der Waals surface area contributed by atoms with Crippen LogP contribution in [-0.4, -0.2) is 32.3 Å². The maximum Gasteiger partial charge on any atom is 0.413 e. The van der Waals surface area contributed by atoms with Crippen LogP contribution in [0.15, 0.2) is 24.3 Å². The van der Waals surface area contributed by atoms with Crippen molar-refractivity contribution in [1.29, 1.82) is 0 Å².